The highest BCUT2D eigenvalue weighted by Gasteiger charge is 2.20. The van der Waals surface area contributed by atoms with Gasteiger partial charge in [0.2, 0.25) is 0 Å². The van der Waals surface area contributed by atoms with Crippen molar-refractivity contribution in [3.05, 3.63) is 68.3 Å². The summed E-state index contributed by atoms with van der Waals surface area (Å²) in [7, 11) is 0. The summed E-state index contributed by atoms with van der Waals surface area (Å²) in [5.41, 5.74) is 1.10. The number of nitro groups is 2. The standard InChI is InChI=1S/C14H9N3O5S/c18-16(19)10-6-5-9(12(7-10)17(20)21)8-23-14-15-11-3-1-2-4-13(11)22-14/h1-7H,8H2. The number of non-ortho nitro benzene ring substituents is 1. The molecule has 0 saturated carbocycles. The Bertz CT molecular complexity index is 875. The second kappa shape index (κ2) is 6.05. The van der Waals surface area contributed by atoms with Crippen molar-refractivity contribution in [1.82, 2.24) is 4.98 Å². The zero-order valence-corrected chi connectivity index (χ0v) is 12.4. The first kappa shape index (κ1) is 15.0. The average Bonchev–Trinajstić information content (AvgIpc) is 2.95. The van der Waals surface area contributed by atoms with Crippen LogP contribution < -0.4 is 0 Å². The normalized spacial score (nSPS) is 10.8. The number of nitrogens with zero attached hydrogens (tertiary/aromatic N) is 3. The lowest BCUT2D eigenvalue weighted by atomic mass is 10.2. The summed E-state index contributed by atoms with van der Waals surface area (Å²) in [6, 6.07) is 10.8. The van der Waals surface area contributed by atoms with E-state index >= 15 is 0 Å². The van der Waals surface area contributed by atoms with Crippen LogP contribution in [0, 0.1) is 20.2 Å². The van der Waals surface area contributed by atoms with Crippen LogP contribution in [0.1, 0.15) is 5.56 Å². The van der Waals surface area contributed by atoms with E-state index in [1.807, 2.05) is 12.1 Å². The fourth-order valence-electron chi connectivity index (χ4n) is 2.01. The molecule has 0 spiro atoms. The molecule has 0 fully saturated rings. The van der Waals surface area contributed by atoms with Crippen LogP contribution in [0.4, 0.5) is 11.4 Å². The smallest absolute Gasteiger partial charge is 0.280 e. The van der Waals surface area contributed by atoms with Crippen LogP contribution in [0.5, 0.6) is 0 Å². The molecule has 23 heavy (non-hydrogen) atoms. The first-order chi connectivity index (χ1) is 11.0. The second-order valence-electron chi connectivity index (χ2n) is 4.56. The van der Waals surface area contributed by atoms with Crippen molar-refractivity contribution in [3.8, 4) is 0 Å². The van der Waals surface area contributed by atoms with Gasteiger partial charge in [0.1, 0.15) is 5.52 Å². The van der Waals surface area contributed by atoms with Crippen molar-refractivity contribution in [3.63, 3.8) is 0 Å². The Morgan fingerprint density at radius 1 is 1.09 bits per heavy atom. The fourth-order valence-corrected chi connectivity index (χ4v) is 2.84. The predicted molar refractivity (Wildman–Crippen MR) is 83.3 cm³/mol. The summed E-state index contributed by atoms with van der Waals surface area (Å²) >= 11 is 1.19. The molecule has 0 aliphatic carbocycles. The second-order valence-corrected chi connectivity index (χ2v) is 5.49. The zero-order chi connectivity index (χ0) is 16.4. The molecule has 0 radical (unpaired) electrons. The first-order valence-corrected chi connectivity index (χ1v) is 7.43. The van der Waals surface area contributed by atoms with E-state index < -0.39 is 9.85 Å². The number of para-hydroxylation sites is 2. The van der Waals surface area contributed by atoms with Gasteiger partial charge < -0.3 is 4.42 Å². The van der Waals surface area contributed by atoms with Crippen LogP contribution in [0.3, 0.4) is 0 Å². The lowest BCUT2D eigenvalue weighted by Gasteiger charge is -2.01. The van der Waals surface area contributed by atoms with Gasteiger partial charge in [-0.15, -0.1) is 0 Å². The summed E-state index contributed by atoms with van der Waals surface area (Å²) in [5, 5.41) is 22.2. The highest BCUT2D eigenvalue weighted by atomic mass is 32.2. The van der Waals surface area contributed by atoms with E-state index in [0.29, 0.717) is 21.9 Å². The quantitative estimate of drug-likeness (QED) is 0.395. The Balaban J connectivity index is 1.84. The van der Waals surface area contributed by atoms with Crippen molar-refractivity contribution in [2.45, 2.75) is 11.0 Å². The zero-order valence-electron chi connectivity index (χ0n) is 11.5. The van der Waals surface area contributed by atoms with Gasteiger partial charge in [-0.2, -0.15) is 0 Å². The number of hydrogen-bond donors (Lipinski definition) is 0. The minimum absolute atomic E-state index is 0.223. The number of rotatable bonds is 5. The molecule has 8 nitrogen and oxygen atoms in total. The predicted octanol–water partition coefficient (Wildman–Crippen LogP) is 3.94. The average molecular weight is 331 g/mol. The molecule has 1 heterocycles. The van der Waals surface area contributed by atoms with Gasteiger partial charge in [0.25, 0.3) is 16.6 Å². The summed E-state index contributed by atoms with van der Waals surface area (Å²) in [6.45, 7) is 0. The van der Waals surface area contributed by atoms with Crippen molar-refractivity contribution in [2.75, 3.05) is 0 Å². The van der Waals surface area contributed by atoms with Crippen LogP contribution in [0.25, 0.3) is 11.1 Å². The minimum atomic E-state index is -0.662. The molecular formula is C14H9N3O5S. The van der Waals surface area contributed by atoms with Crippen LogP contribution in [-0.2, 0) is 5.75 Å². The number of hydrogen-bond acceptors (Lipinski definition) is 7. The first-order valence-electron chi connectivity index (χ1n) is 6.44. The Morgan fingerprint density at radius 3 is 2.57 bits per heavy atom. The van der Waals surface area contributed by atoms with Gasteiger partial charge in [-0.1, -0.05) is 23.9 Å². The number of thioether (sulfide) groups is 1. The topological polar surface area (TPSA) is 112 Å². The Morgan fingerprint density at radius 2 is 1.87 bits per heavy atom. The lowest BCUT2D eigenvalue weighted by Crippen LogP contribution is -1.97. The van der Waals surface area contributed by atoms with Gasteiger partial charge in [0, 0.05) is 17.4 Å². The van der Waals surface area contributed by atoms with Crippen molar-refractivity contribution in [2.24, 2.45) is 0 Å². The highest BCUT2D eigenvalue weighted by Crippen LogP contribution is 2.31. The number of fused-ring (bicyclic) bond motifs is 1. The summed E-state index contributed by atoms with van der Waals surface area (Å²) in [6.07, 6.45) is 0. The molecule has 0 N–H and O–H groups in total. The van der Waals surface area contributed by atoms with Crippen molar-refractivity contribution < 1.29 is 14.3 Å². The maximum absolute atomic E-state index is 11.1. The van der Waals surface area contributed by atoms with Crippen LogP contribution in [0.15, 0.2) is 52.1 Å². The van der Waals surface area contributed by atoms with E-state index in [0.717, 1.165) is 6.07 Å². The molecule has 1 aromatic heterocycles. The Kier molecular flexibility index (Phi) is 3.94. The largest absolute Gasteiger partial charge is 0.431 e. The molecular weight excluding hydrogens is 322 g/mol. The number of aromatic nitrogens is 1. The molecule has 2 aromatic carbocycles. The van der Waals surface area contributed by atoms with Gasteiger partial charge in [0.15, 0.2) is 5.58 Å². The van der Waals surface area contributed by atoms with Gasteiger partial charge in [-0.05, 0) is 18.2 Å². The van der Waals surface area contributed by atoms with E-state index in [-0.39, 0.29) is 17.1 Å². The molecule has 0 bridgehead atoms. The summed E-state index contributed by atoms with van der Waals surface area (Å²) < 4.78 is 5.53. The maximum Gasteiger partial charge on any atom is 0.280 e. The van der Waals surface area contributed by atoms with Crippen molar-refractivity contribution >= 4 is 34.2 Å². The third-order valence-electron chi connectivity index (χ3n) is 3.10. The monoisotopic (exact) mass is 331 g/mol. The minimum Gasteiger partial charge on any atom is -0.431 e. The van der Waals surface area contributed by atoms with Gasteiger partial charge in [-0.25, -0.2) is 4.98 Å². The third kappa shape index (κ3) is 3.14. The van der Waals surface area contributed by atoms with Crippen molar-refractivity contribution in [1.29, 1.82) is 0 Å². The molecule has 3 rings (SSSR count). The van der Waals surface area contributed by atoms with E-state index in [1.165, 1.54) is 23.9 Å². The Labute approximate surface area is 133 Å². The molecule has 9 heteroatoms. The maximum atomic E-state index is 11.1. The molecule has 0 atom stereocenters. The van der Waals surface area contributed by atoms with Gasteiger partial charge >= 0.3 is 0 Å². The van der Waals surface area contributed by atoms with Crippen LogP contribution in [-0.4, -0.2) is 14.8 Å². The Hall–Kier alpha value is -2.94. The lowest BCUT2D eigenvalue weighted by molar-refractivity contribution is -0.394. The van der Waals surface area contributed by atoms with E-state index in [2.05, 4.69) is 4.98 Å². The third-order valence-corrected chi connectivity index (χ3v) is 3.98. The van der Waals surface area contributed by atoms with E-state index in [1.54, 1.807) is 12.1 Å². The molecule has 0 unspecified atom stereocenters. The number of nitro benzene ring substituents is 2. The van der Waals surface area contributed by atoms with Gasteiger partial charge in [-0.3, -0.25) is 20.2 Å². The summed E-state index contributed by atoms with van der Waals surface area (Å²) in [4.78, 5) is 24.8. The molecule has 0 saturated heterocycles. The molecule has 0 amide bonds. The van der Waals surface area contributed by atoms with Gasteiger partial charge in [0.05, 0.1) is 15.9 Å². The van der Waals surface area contributed by atoms with E-state index in [9.17, 15) is 20.2 Å². The van der Waals surface area contributed by atoms with Crippen LogP contribution >= 0.6 is 11.8 Å². The molecule has 116 valence electrons. The molecule has 3 aromatic rings. The molecule has 0 aliphatic rings. The highest BCUT2D eigenvalue weighted by molar-refractivity contribution is 7.98. The fraction of sp³-hybridized carbons (Fsp3) is 0.0714. The van der Waals surface area contributed by atoms with Crippen LogP contribution in [0.2, 0.25) is 0 Å². The summed E-state index contributed by atoms with van der Waals surface area (Å²) in [5.74, 6) is 0.223. The number of benzene rings is 2. The van der Waals surface area contributed by atoms with E-state index in [4.69, 9.17) is 4.42 Å². The molecule has 0 aliphatic heterocycles. The number of oxazole rings is 1. The SMILES string of the molecule is O=[N+]([O-])c1ccc(CSc2nc3ccccc3o2)c([N+](=O)[O-])c1.